The number of amides is 1. The monoisotopic (exact) mass is 252 g/mol. The van der Waals surface area contributed by atoms with Gasteiger partial charge in [-0.05, 0) is 32.4 Å². The second-order valence-electron chi connectivity index (χ2n) is 4.46. The minimum atomic E-state index is -0.209. The summed E-state index contributed by atoms with van der Waals surface area (Å²) < 4.78 is 5.33. The van der Waals surface area contributed by atoms with E-state index in [1.54, 1.807) is 4.90 Å². The molecule has 0 saturated carbocycles. The van der Waals surface area contributed by atoms with Crippen molar-refractivity contribution in [3.05, 3.63) is 23.8 Å². The van der Waals surface area contributed by atoms with Crippen LogP contribution in [-0.4, -0.2) is 43.8 Å². The standard InChI is InChI=1S/C14H24N2O2/c1-4-6-12(7-5-2)11-18-14(17)16-9-8-13(10-16)15-3/h4,6-7,13,15H,5,8-11H2,1-3H3/b6-4-,12-7+. The predicted octanol–water partition coefficient (Wildman–Crippen LogP) is 2.33. The Labute approximate surface area is 110 Å². The van der Waals surface area contributed by atoms with Crippen LogP contribution in [0.3, 0.4) is 0 Å². The van der Waals surface area contributed by atoms with Gasteiger partial charge in [-0.3, -0.25) is 0 Å². The van der Waals surface area contributed by atoms with Gasteiger partial charge in [0.1, 0.15) is 6.61 Å². The van der Waals surface area contributed by atoms with Gasteiger partial charge in [0.25, 0.3) is 0 Å². The molecule has 1 aliphatic rings. The largest absolute Gasteiger partial charge is 0.445 e. The Hall–Kier alpha value is -1.29. The molecular weight excluding hydrogens is 228 g/mol. The van der Waals surface area contributed by atoms with E-state index in [-0.39, 0.29) is 6.09 Å². The zero-order valence-corrected chi connectivity index (χ0v) is 11.6. The highest BCUT2D eigenvalue weighted by Crippen LogP contribution is 2.11. The summed E-state index contributed by atoms with van der Waals surface area (Å²) >= 11 is 0. The van der Waals surface area contributed by atoms with Crippen LogP contribution in [0.2, 0.25) is 0 Å². The summed E-state index contributed by atoms with van der Waals surface area (Å²) in [5.41, 5.74) is 1.05. The highest BCUT2D eigenvalue weighted by molar-refractivity contribution is 5.68. The minimum Gasteiger partial charge on any atom is -0.445 e. The molecule has 0 spiro atoms. The van der Waals surface area contributed by atoms with Crippen molar-refractivity contribution in [3.63, 3.8) is 0 Å². The second-order valence-corrected chi connectivity index (χ2v) is 4.46. The topological polar surface area (TPSA) is 41.6 Å². The van der Waals surface area contributed by atoms with Crippen molar-refractivity contribution in [2.75, 3.05) is 26.7 Å². The Kier molecular flexibility index (Phi) is 6.50. The van der Waals surface area contributed by atoms with E-state index in [4.69, 9.17) is 4.74 Å². The highest BCUT2D eigenvalue weighted by Gasteiger charge is 2.25. The van der Waals surface area contributed by atoms with Gasteiger partial charge in [0.05, 0.1) is 0 Å². The first-order valence-electron chi connectivity index (χ1n) is 6.62. The van der Waals surface area contributed by atoms with E-state index in [1.165, 1.54) is 0 Å². The molecule has 4 heteroatoms. The molecule has 0 aliphatic carbocycles. The minimum absolute atomic E-state index is 0.209. The van der Waals surface area contributed by atoms with Gasteiger partial charge < -0.3 is 15.0 Å². The Morgan fingerprint density at radius 3 is 2.89 bits per heavy atom. The van der Waals surface area contributed by atoms with Crippen molar-refractivity contribution in [3.8, 4) is 0 Å². The maximum absolute atomic E-state index is 11.8. The zero-order valence-electron chi connectivity index (χ0n) is 11.6. The fraction of sp³-hybridized carbons (Fsp3) is 0.643. The quantitative estimate of drug-likeness (QED) is 0.764. The Morgan fingerprint density at radius 2 is 2.33 bits per heavy atom. The molecule has 102 valence electrons. The van der Waals surface area contributed by atoms with E-state index < -0.39 is 0 Å². The molecule has 1 fully saturated rings. The first-order valence-corrected chi connectivity index (χ1v) is 6.62. The zero-order chi connectivity index (χ0) is 13.4. The van der Waals surface area contributed by atoms with Crippen LogP contribution in [0, 0.1) is 0 Å². The van der Waals surface area contributed by atoms with Crippen molar-refractivity contribution >= 4 is 6.09 Å². The van der Waals surface area contributed by atoms with Crippen LogP contribution in [0.1, 0.15) is 26.7 Å². The molecule has 1 unspecified atom stereocenters. The van der Waals surface area contributed by atoms with Crippen LogP contribution in [0.4, 0.5) is 4.79 Å². The molecule has 0 aromatic rings. The number of hydrogen-bond donors (Lipinski definition) is 1. The fourth-order valence-corrected chi connectivity index (χ4v) is 2.05. The number of allylic oxidation sites excluding steroid dienone is 2. The molecule has 1 atom stereocenters. The average Bonchev–Trinajstić information content (AvgIpc) is 2.85. The number of carbonyl (C=O) groups is 1. The number of carbonyl (C=O) groups excluding carboxylic acids is 1. The van der Waals surface area contributed by atoms with Crippen molar-refractivity contribution in [2.45, 2.75) is 32.7 Å². The van der Waals surface area contributed by atoms with Crippen LogP contribution in [0.25, 0.3) is 0 Å². The molecule has 1 saturated heterocycles. The molecule has 1 rings (SSSR count). The number of likely N-dealkylation sites (tertiary alicyclic amines) is 1. The van der Waals surface area contributed by atoms with Crippen LogP contribution in [0.15, 0.2) is 23.8 Å². The second kappa shape index (κ2) is 7.93. The summed E-state index contributed by atoms with van der Waals surface area (Å²) in [5, 5.41) is 3.18. The van der Waals surface area contributed by atoms with Crippen LogP contribution in [-0.2, 0) is 4.74 Å². The van der Waals surface area contributed by atoms with E-state index in [0.717, 1.165) is 31.5 Å². The lowest BCUT2D eigenvalue weighted by Crippen LogP contribution is -2.34. The van der Waals surface area contributed by atoms with E-state index in [9.17, 15) is 4.79 Å². The molecule has 0 aromatic carbocycles. The molecular formula is C14H24N2O2. The van der Waals surface area contributed by atoms with E-state index in [0.29, 0.717) is 12.6 Å². The lowest BCUT2D eigenvalue weighted by Gasteiger charge is -2.16. The third-order valence-electron chi connectivity index (χ3n) is 3.06. The fourth-order valence-electron chi connectivity index (χ4n) is 2.05. The molecule has 4 nitrogen and oxygen atoms in total. The van der Waals surface area contributed by atoms with Gasteiger partial charge >= 0.3 is 6.09 Å². The average molecular weight is 252 g/mol. The SMILES string of the molecule is C/C=C\C(=C/CC)COC(=O)N1CCC(NC)C1. The molecule has 0 radical (unpaired) electrons. The number of nitrogens with one attached hydrogen (secondary N) is 1. The van der Waals surface area contributed by atoms with Crippen molar-refractivity contribution in [2.24, 2.45) is 0 Å². The molecule has 1 aliphatic heterocycles. The van der Waals surface area contributed by atoms with E-state index in [2.05, 4.69) is 18.3 Å². The van der Waals surface area contributed by atoms with Gasteiger partial charge in [0.2, 0.25) is 0 Å². The lowest BCUT2D eigenvalue weighted by molar-refractivity contribution is 0.119. The van der Waals surface area contributed by atoms with E-state index in [1.807, 2.05) is 26.1 Å². The third kappa shape index (κ3) is 4.53. The predicted molar refractivity (Wildman–Crippen MR) is 73.6 cm³/mol. The third-order valence-corrected chi connectivity index (χ3v) is 3.06. The van der Waals surface area contributed by atoms with Gasteiger partial charge in [-0.25, -0.2) is 4.79 Å². The summed E-state index contributed by atoms with van der Waals surface area (Å²) in [6.07, 6.45) is 7.76. The Bertz CT molecular complexity index is 324. The van der Waals surface area contributed by atoms with Gasteiger partial charge in [0.15, 0.2) is 0 Å². The van der Waals surface area contributed by atoms with Gasteiger partial charge in [-0.15, -0.1) is 0 Å². The normalized spacial score (nSPS) is 20.7. The summed E-state index contributed by atoms with van der Waals surface area (Å²) in [6.45, 7) is 5.91. The number of likely N-dealkylation sites (N-methyl/N-ethyl adjacent to an activating group) is 1. The Balaban J connectivity index is 2.38. The van der Waals surface area contributed by atoms with Crippen molar-refractivity contribution < 1.29 is 9.53 Å². The van der Waals surface area contributed by atoms with Crippen LogP contribution in [0.5, 0.6) is 0 Å². The van der Waals surface area contributed by atoms with E-state index >= 15 is 0 Å². The maximum Gasteiger partial charge on any atom is 0.410 e. The molecule has 1 amide bonds. The number of nitrogens with zero attached hydrogens (tertiary/aromatic N) is 1. The summed E-state index contributed by atoms with van der Waals surface area (Å²) in [5.74, 6) is 0. The number of hydrogen-bond acceptors (Lipinski definition) is 3. The van der Waals surface area contributed by atoms with Gasteiger partial charge in [-0.1, -0.05) is 25.2 Å². The number of rotatable bonds is 5. The molecule has 18 heavy (non-hydrogen) atoms. The lowest BCUT2D eigenvalue weighted by atomic mass is 10.2. The molecule has 1 heterocycles. The van der Waals surface area contributed by atoms with Gasteiger partial charge in [-0.2, -0.15) is 0 Å². The summed E-state index contributed by atoms with van der Waals surface area (Å²) in [4.78, 5) is 13.6. The first-order chi connectivity index (χ1) is 8.71. The highest BCUT2D eigenvalue weighted by atomic mass is 16.6. The van der Waals surface area contributed by atoms with Crippen LogP contribution >= 0.6 is 0 Å². The maximum atomic E-state index is 11.8. The summed E-state index contributed by atoms with van der Waals surface area (Å²) in [6, 6.07) is 0.402. The first kappa shape index (κ1) is 14.8. The molecule has 0 bridgehead atoms. The number of ether oxygens (including phenoxy) is 1. The molecule has 1 N–H and O–H groups in total. The summed E-state index contributed by atoms with van der Waals surface area (Å²) in [7, 11) is 1.92. The van der Waals surface area contributed by atoms with Crippen LogP contribution < -0.4 is 5.32 Å². The smallest absolute Gasteiger partial charge is 0.410 e. The van der Waals surface area contributed by atoms with Crippen molar-refractivity contribution in [1.82, 2.24) is 10.2 Å². The molecule has 0 aromatic heterocycles. The van der Waals surface area contributed by atoms with Crippen molar-refractivity contribution in [1.29, 1.82) is 0 Å². The van der Waals surface area contributed by atoms with Gasteiger partial charge in [0, 0.05) is 19.1 Å². The Morgan fingerprint density at radius 1 is 1.56 bits per heavy atom.